The Balaban J connectivity index is 0.00000242. The second kappa shape index (κ2) is 7.40. The second-order valence-corrected chi connectivity index (χ2v) is 5.73. The topological polar surface area (TPSA) is 0 Å². The van der Waals surface area contributed by atoms with Gasteiger partial charge in [-0.1, -0.05) is 76.7 Å². The molecule has 0 aromatic heterocycles. The first-order chi connectivity index (χ1) is 10.0. The summed E-state index contributed by atoms with van der Waals surface area (Å²) in [6.45, 7) is 10.8. The summed E-state index contributed by atoms with van der Waals surface area (Å²) in [7, 11) is 0. The van der Waals surface area contributed by atoms with Crippen LogP contribution in [0.15, 0.2) is 60.7 Å². The van der Waals surface area contributed by atoms with Gasteiger partial charge in [0.15, 0.2) is 0 Å². The predicted molar refractivity (Wildman–Crippen MR) is 95.6 cm³/mol. The Morgan fingerprint density at radius 2 is 1.64 bits per heavy atom. The molecule has 2 aromatic rings. The van der Waals surface area contributed by atoms with Crippen LogP contribution < -0.4 is 0 Å². The molecule has 0 amide bonds. The van der Waals surface area contributed by atoms with Crippen LogP contribution in [0.2, 0.25) is 0 Å². The Bertz CT molecular complexity index is 642. The van der Waals surface area contributed by atoms with Gasteiger partial charge in [-0.15, -0.1) is 0 Å². The third kappa shape index (κ3) is 3.47. The standard InChI is InChI=1S/C20H23F.CH4/c1-5-15(3)20(4,6-2)18-11-7-9-16(13-18)17-10-8-12-19(21)14-17;/h7-14H,3,5-6H2,1-2,4H3;1H4/t20-;/m1./s1. The summed E-state index contributed by atoms with van der Waals surface area (Å²) in [5.74, 6) is -0.200. The molecule has 0 heterocycles. The van der Waals surface area contributed by atoms with Crippen LogP contribution in [0.4, 0.5) is 4.39 Å². The van der Waals surface area contributed by atoms with Crippen molar-refractivity contribution in [3.8, 4) is 11.1 Å². The average Bonchev–Trinajstić information content (AvgIpc) is 2.53. The summed E-state index contributed by atoms with van der Waals surface area (Å²) >= 11 is 0. The van der Waals surface area contributed by atoms with Crippen molar-refractivity contribution in [2.24, 2.45) is 0 Å². The lowest BCUT2D eigenvalue weighted by Gasteiger charge is -2.31. The SMILES string of the molecule is C.C=C(CC)[C@@](C)(CC)c1cccc(-c2cccc(F)c2)c1. The van der Waals surface area contributed by atoms with E-state index in [1.165, 1.54) is 17.2 Å². The third-order valence-corrected chi connectivity index (χ3v) is 4.57. The number of hydrogen-bond acceptors (Lipinski definition) is 0. The molecule has 2 rings (SSSR count). The van der Waals surface area contributed by atoms with Gasteiger partial charge in [0, 0.05) is 5.41 Å². The van der Waals surface area contributed by atoms with Gasteiger partial charge in [-0.25, -0.2) is 4.39 Å². The highest BCUT2D eigenvalue weighted by molar-refractivity contribution is 5.65. The molecule has 0 bridgehead atoms. The highest BCUT2D eigenvalue weighted by atomic mass is 19.1. The van der Waals surface area contributed by atoms with Crippen molar-refractivity contribution in [3.05, 3.63) is 72.1 Å². The maximum Gasteiger partial charge on any atom is 0.123 e. The minimum Gasteiger partial charge on any atom is -0.207 e. The molecule has 0 radical (unpaired) electrons. The molecule has 0 aliphatic carbocycles. The van der Waals surface area contributed by atoms with Crippen LogP contribution in [0.3, 0.4) is 0 Å². The average molecular weight is 298 g/mol. The van der Waals surface area contributed by atoms with Gasteiger partial charge in [0.25, 0.3) is 0 Å². The van der Waals surface area contributed by atoms with Crippen LogP contribution in [-0.2, 0) is 5.41 Å². The number of benzene rings is 2. The van der Waals surface area contributed by atoms with E-state index in [1.807, 2.05) is 18.2 Å². The van der Waals surface area contributed by atoms with E-state index >= 15 is 0 Å². The number of rotatable bonds is 5. The summed E-state index contributed by atoms with van der Waals surface area (Å²) in [6, 6.07) is 15.1. The smallest absolute Gasteiger partial charge is 0.123 e. The number of halogens is 1. The van der Waals surface area contributed by atoms with Crippen molar-refractivity contribution in [3.63, 3.8) is 0 Å². The first-order valence-electron chi connectivity index (χ1n) is 7.56. The largest absolute Gasteiger partial charge is 0.207 e. The lowest BCUT2D eigenvalue weighted by Crippen LogP contribution is -2.23. The normalized spacial score (nSPS) is 13.1. The summed E-state index contributed by atoms with van der Waals surface area (Å²) in [4.78, 5) is 0. The van der Waals surface area contributed by atoms with Crippen LogP contribution in [0.25, 0.3) is 11.1 Å². The zero-order valence-electron chi connectivity index (χ0n) is 13.1. The van der Waals surface area contributed by atoms with Crippen LogP contribution in [-0.4, -0.2) is 0 Å². The molecule has 0 saturated carbocycles. The summed E-state index contributed by atoms with van der Waals surface area (Å²) in [6.07, 6.45) is 1.97. The quantitative estimate of drug-likeness (QED) is 0.535. The van der Waals surface area contributed by atoms with E-state index in [0.717, 1.165) is 24.0 Å². The summed E-state index contributed by atoms with van der Waals surface area (Å²) < 4.78 is 13.4. The molecule has 1 heteroatoms. The van der Waals surface area contributed by atoms with E-state index in [-0.39, 0.29) is 18.7 Å². The van der Waals surface area contributed by atoms with Gasteiger partial charge in [0.05, 0.1) is 0 Å². The monoisotopic (exact) mass is 298 g/mol. The van der Waals surface area contributed by atoms with Crippen LogP contribution >= 0.6 is 0 Å². The minimum absolute atomic E-state index is 0. The molecule has 0 spiro atoms. The Morgan fingerprint density at radius 1 is 1.05 bits per heavy atom. The molecule has 1 atom stereocenters. The van der Waals surface area contributed by atoms with Crippen molar-refractivity contribution in [1.29, 1.82) is 0 Å². The molecule has 0 fully saturated rings. The third-order valence-electron chi connectivity index (χ3n) is 4.57. The van der Waals surface area contributed by atoms with E-state index in [9.17, 15) is 4.39 Å². The lowest BCUT2D eigenvalue weighted by atomic mass is 9.73. The number of hydrogen-bond donors (Lipinski definition) is 0. The van der Waals surface area contributed by atoms with E-state index in [4.69, 9.17) is 0 Å². The minimum atomic E-state index is -0.200. The van der Waals surface area contributed by atoms with Crippen LogP contribution in [0.1, 0.15) is 46.6 Å². The summed E-state index contributed by atoms with van der Waals surface area (Å²) in [5.41, 5.74) is 4.42. The van der Waals surface area contributed by atoms with Crippen molar-refractivity contribution < 1.29 is 4.39 Å². The highest BCUT2D eigenvalue weighted by Crippen LogP contribution is 2.37. The molecule has 0 saturated heterocycles. The maximum atomic E-state index is 13.4. The van der Waals surface area contributed by atoms with E-state index in [2.05, 4.69) is 39.5 Å². The first kappa shape index (κ1) is 18.2. The zero-order chi connectivity index (χ0) is 15.5. The lowest BCUT2D eigenvalue weighted by molar-refractivity contribution is 0.523. The second-order valence-electron chi connectivity index (χ2n) is 5.73. The molecule has 0 unspecified atom stereocenters. The Kier molecular flexibility index (Phi) is 6.11. The number of allylic oxidation sites excluding steroid dienone is 1. The van der Waals surface area contributed by atoms with Gasteiger partial charge in [-0.3, -0.25) is 0 Å². The Labute approximate surface area is 134 Å². The molecular weight excluding hydrogens is 271 g/mol. The zero-order valence-corrected chi connectivity index (χ0v) is 13.1. The van der Waals surface area contributed by atoms with Gasteiger partial charge in [-0.2, -0.15) is 0 Å². The Hall–Kier alpha value is -1.89. The summed E-state index contributed by atoms with van der Waals surface area (Å²) in [5, 5.41) is 0. The Morgan fingerprint density at radius 3 is 2.18 bits per heavy atom. The molecule has 2 aromatic carbocycles. The fourth-order valence-corrected chi connectivity index (χ4v) is 2.76. The molecular formula is C21H27F. The highest BCUT2D eigenvalue weighted by Gasteiger charge is 2.27. The molecule has 0 aliphatic rings. The molecule has 0 N–H and O–H groups in total. The maximum absolute atomic E-state index is 13.4. The van der Waals surface area contributed by atoms with Gasteiger partial charge >= 0.3 is 0 Å². The van der Waals surface area contributed by atoms with E-state index < -0.39 is 0 Å². The molecule has 118 valence electrons. The van der Waals surface area contributed by atoms with Gasteiger partial charge < -0.3 is 0 Å². The van der Waals surface area contributed by atoms with Gasteiger partial charge in [0.1, 0.15) is 5.82 Å². The van der Waals surface area contributed by atoms with Crippen molar-refractivity contribution in [2.45, 2.75) is 46.5 Å². The van der Waals surface area contributed by atoms with Crippen molar-refractivity contribution in [1.82, 2.24) is 0 Å². The van der Waals surface area contributed by atoms with E-state index in [0.29, 0.717) is 0 Å². The van der Waals surface area contributed by atoms with Crippen LogP contribution in [0, 0.1) is 5.82 Å². The first-order valence-corrected chi connectivity index (χ1v) is 7.56. The molecule has 0 nitrogen and oxygen atoms in total. The fraction of sp³-hybridized carbons (Fsp3) is 0.333. The van der Waals surface area contributed by atoms with Gasteiger partial charge in [0.2, 0.25) is 0 Å². The van der Waals surface area contributed by atoms with Gasteiger partial charge in [-0.05, 0) is 41.7 Å². The van der Waals surface area contributed by atoms with E-state index in [1.54, 1.807) is 12.1 Å². The van der Waals surface area contributed by atoms with Crippen molar-refractivity contribution >= 4 is 0 Å². The molecule has 0 aliphatic heterocycles. The molecule has 22 heavy (non-hydrogen) atoms. The van der Waals surface area contributed by atoms with Crippen molar-refractivity contribution in [2.75, 3.05) is 0 Å². The fourth-order valence-electron chi connectivity index (χ4n) is 2.76. The van der Waals surface area contributed by atoms with Crippen LogP contribution in [0.5, 0.6) is 0 Å². The predicted octanol–water partition coefficient (Wildman–Crippen LogP) is 6.76.